The largest absolute Gasteiger partial charge is 1.00 e. The summed E-state index contributed by atoms with van der Waals surface area (Å²) in [5, 5.41) is 3.96. The monoisotopic (exact) mass is 1220 g/mol. The smallest absolute Gasteiger partial charge is 0.297 e. The molecule has 1 aliphatic heterocycles. The Morgan fingerprint density at radius 2 is 1.26 bits per heavy atom. The van der Waals surface area contributed by atoms with Gasteiger partial charge < -0.3 is 52.9 Å². The third-order valence-electron chi connectivity index (χ3n) is 9.09. The van der Waals surface area contributed by atoms with E-state index in [-0.39, 0.29) is 48.0 Å². The Balaban J connectivity index is 0.000000192. The van der Waals surface area contributed by atoms with Gasteiger partial charge in [-0.15, -0.1) is 0 Å². The van der Waals surface area contributed by atoms with Gasteiger partial charge in [-0.2, -0.15) is 13.7 Å². The first-order chi connectivity index (χ1) is 25.4. The molecule has 0 N–H and O–H groups in total. The van der Waals surface area contributed by atoms with Crippen LogP contribution in [0.15, 0.2) is 136 Å². The van der Waals surface area contributed by atoms with Gasteiger partial charge in [-0.3, -0.25) is 0 Å². The van der Waals surface area contributed by atoms with Crippen LogP contribution in [0.4, 0.5) is 5.69 Å². The van der Waals surface area contributed by atoms with Crippen molar-refractivity contribution in [1.82, 2.24) is 0 Å². The maximum Gasteiger partial charge on any atom is 0.297 e. The molecule has 4 heterocycles. The summed E-state index contributed by atoms with van der Waals surface area (Å²) in [6.45, 7) is 4.36. The number of hydrogen-bond donors (Lipinski definition) is 0. The molecule has 0 saturated heterocycles. The molecule has 4 aromatic carbocycles. The average Bonchev–Trinajstić information content (AvgIpc) is 3.69. The van der Waals surface area contributed by atoms with E-state index in [1.54, 1.807) is 11.8 Å². The van der Waals surface area contributed by atoms with E-state index in [1.165, 1.54) is 84.8 Å². The number of nitrogens with zero attached hydrogens (tertiary/aromatic N) is 4. The SMILES string of the molecule is CN1/C(=C\c2cc[n+](CCCI)c3ccccc23)Sc2ccccc21.CSc1sc2ccccc2[n+]1C.Cc1cc[n+](CCCI)c2ccccc12.[I-].[I-]. The number of aryl methyl sites for hydroxylation is 4. The quantitative estimate of drug-likeness (QED) is 0.0901. The van der Waals surface area contributed by atoms with Crippen molar-refractivity contribution in [2.75, 3.05) is 27.1 Å². The minimum absolute atomic E-state index is 0. The lowest BCUT2D eigenvalue weighted by molar-refractivity contribution is -0.676. The van der Waals surface area contributed by atoms with Crippen LogP contribution in [0, 0.1) is 6.92 Å². The molecule has 11 heteroatoms. The van der Waals surface area contributed by atoms with Crippen LogP contribution < -0.4 is 66.6 Å². The van der Waals surface area contributed by atoms with Crippen molar-refractivity contribution in [3.63, 3.8) is 0 Å². The molecule has 282 valence electrons. The zero-order chi connectivity index (χ0) is 36.5. The van der Waals surface area contributed by atoms with Crippen molar-refractivity contribution in [2.24, 2.45) is 7.05 Å². The number of benzene rings is 4. The summed E-state index contributed by atoms with van der Waals surface area (Å²) in [6, 6.07) is 38.9. The first kappa shape index (κ1) is 45.5. The zero-order valence-corrected chi connectivity index (χ0v) is 42.0. The van der Waals surface area contributed by atoms with Gasteiger partial charge in [0.15, 0.2) is 12.4 Å². The molecule has 0 saturated carbocycles. The first-order valence-electron chi connectivity index (χ1n) is 17.5. The second kappa shape index (κ2) is 22.6. The van der Waals surface area contributed by atoms with E-state index >= 15 is 0 Å². The van der Waals surface area contributed by atoms with E-state index in [2.05, 4.69) is 219 Å². The molecule has 0 unspecified atom stereocenters. The number of fused-ring (bicyclic) bond motifs is 4. The zero-order valence-electron chi connectivity index (χ0n) is 30.9. The number of para-hydroxylation sites is 4. The van der Waals surface area contributed by atoms with E-state index < -0.39 is 0 Å². The fourth-order valence-electron chi connectivity index (χ4n) is 6.35. The number of aromatic nitrogens is 3. The van der Waals surface area contributed by atoms with Gasteiger partial charge >= 0.3 is 0 Å². The van der Waals surface area contributed by atoms with Crippen molar-refractivity contribution in [1.29, 1.82) is 0 Å². The number of alkyl halides is 2. The Morgan fingerprint density at radius 3 is 1.89 bits per heavy atom. The lowest BCUT2D eigenvalue weighted by Gasteiger charge is -2.13. The van der Waals surface area contributed by atoms with Crippen LogP contribution in [0.1, 0.15) is 24.0 Å². The second-order valence-electron chi connectivity index (χ2n) is 12.5. The molecule has 0 radical (unpaired) electrons. The van der Waals surface area contributed by atoms with Crippen LogP contribution in [0.5, 0.6) is 0 Å². The fraction of sp³-hybridized carbons (Fsp3) is 0.233. The van der Waals surface area contributed by atoms with E-state index in [0.29, 0.717) is 0 Å². The predicted molar refractivity (Wildman–Crippen MR) is 243 cm³/mol. The van der Waals surface area contributed by atoms with Crippen LogP contribution in [0.25, 0.3) is 38.1 Å². The van der Waals surface area contributed by atoms with Crippen molar-refractivity contribution in [3.05, 3.63) is 138 Å². The molecule has 0 atom stereocenters. The van der Waals surface area contributed by atoms with Gasteiger partial charge in [0.25, 0.3) is 4.34 Å². The van der Waals surface area contributed by atoms with Crippen LogP contribution in [-0.2, 0) is 20.1 Å². The van der Waals surface area contributed by atoms with E-state index in [1.807, 2.05) is 23.1 Å². The van der Waals surface area contributed by atoms with E-state index in [0.717, 1.165) is 13.1 Å². The molecule has 0 spiro atoms. The standard InChI is InChI=1S/C21H20IN2S.C13H15IN.C9H10NS2.2HI/c1-23-19-9-4-5-10-20(19)25-21(23)15-16-11-14-24(13-6-12-22)18-8-3-2-7-17(16)18;1-11-7-10-15(9-4-8-14)13-6-3-2-5-12(11)13;1-10-7-5-3-4-6-8(7)12-9(10)11-2;;/h2-5,7-11,14-15H,6,12-13H2,1H3;2-3,5-7,10H,4,8-9H2,1H3;3-6H,1-2H3;2*1H/q3*+1;;/p-2. The number of rotatable bonds is 8. The van der Waals surface area contributed by atoms with Crippen molar-refractivity contribution >= 4 is 124 Å². The lowest BCUT2D eigenvalue weighted by Crippen LogP contribution is -3.00. The highest BCUT2D eigenvalue weighted by Crippen LogP contribution is 2.45. The molecule has 4 nitrogen and oxygen atoms in total. The highest BCUT2D eigenvalue weighted by atomic mass is 127. The van der Waals surface area contributed by atoms with Crippen LogP contribution in [0.2, 0.25) is 0 Å². The Kier molecular flexibility index (Phi) is 19.0. The molecule has 0 fully saturated rings. The fourth-order valence-corrected chi connectivity index (χ4v) is 9.99. The molecule has 3 aromatic heterocycles. The van der Waals surface area contributed by atoms with E-state index in [9.17, 15) is 0 Å². The molecule has 0 aliphatic carbocycles. The van der Waals surface area contributed by atoms with Gasteiger partial charge in [-0.25, -0.2) is 0 Å². The number of anilines is 1. The number of thioether (sulfide) groups is 2. The number of halogens is 4. The van der Waals surface area contributed by atoms with Gasteiger partial charge in [0.2, 0.25) is 16.6 Å². The number of hydrogen-bond acceptors (Lipinski definition) is 4. The normalized spacial score (nSPS) is 12.4. The maximum atomic E-state index is 2.45. The van der Waals surface area contributed by atoms with Gasteiger partial charge in [0, 0.05) is 69.4 Å². The lowest BCUT2D eigenvalue weighted by atomic mass is 10.1. The third-order valence-corrected chi connectivity index (χ3v) is 14.2. The molecule has 0 bridgehead atoms. The van der Waals surface area contributed by atoms with Gasteiger partial charge in [0.1, 0.15) is 24.8 Å². The molecule has 7 aromatic rings. The summed E-state index contributed by atoms with van der Waals surface area (Å²) >= 11 is 10.4. The van der Waals surface area contributed by atoms with Crippen molar-refractivity contribution < 1.29 is 61.7 Å². The minimum atomic E-state index is 0. The highest BCUT2D eigenvalue weighted by Gasteiger charge is 2.22. The summed E-state index contributed by atoms with van der Waals surface area (Å²) in [5.74, 6) is 0. The van der Waals surface area contributed by atoms with Crippen LogP contribution >= 0.6 is 80.0 Å². The number of thiazole rings is 1. The highest BCUT2D eigenvalue weighted by molar-refractivity contribution is 14.1. The van der Waals surface area contributed by atoms with Gasteiger partial charge in [0.05, 0.1) is 16.1 Å². The first-order valence-corrected chi connectivity index (χ1v) is 23.4. The van der Waals surface area contributed by atoms with Gasteiger partial charge in [-0.05, 0) is 72.5 Å². The number of pyridine rings is 2. The van der Waals surface area contributed by atoms with Crippen LogP contribution in [-0.4, -0.2) is 22.2 Å². The molecule has 0 amide bonds. The van der Waals surface area contributed by atoms with Crippen molar-refractivity contribution in [2.45, 2.75) is 42.1 Å². The predicted octanol–water partition coefficient (Wildman–Crippen LogP) is 5.21. The summed E-state index contributed by atoms with van der Waals surface area (Å²) in [5.41, 5.74) is 7.91. The average molecular weight is 1220 g/mol. The Hall–Kier alpha value is -1.25. The summed E-state index contributed by atoms with van der Waals surface area (Å²) in [6.07, 6.45) is 11.3. The molecular formula is C43H45I4N4S3+. The van der Waals surface area contributed by atoms with Gasteiger partial charge in [-0.1, -0.05) is 117 Å². The molecule has 54 heavy (non-hydrogen) atoms. The molecule has 8 rings (SSSR count). The Bertz CT molecular complexity index is 2330. The van der Waals surface area contributed by atoms with Crippen molar-refractivity contribution in [3.8, 4) is 0 Å². The molecular weight excluding hydrogens is 1180 g/mol. The summed E-state index contributed by atoms with van der Waals surface area (Å²) in [4.78, 5) is 3.61. The third kappa shape index (κ3) is 11.0. The summed E-state index contributed by atoms with van der Waals surface area (Å²) < 4.78 is 12.1. The Labute approximate surface area is 394 Å². The second-order valence-corrected chi connectivity index (χ2v) is 17.8. The van der Waals surface area contributed by atoms with E-state index in [4.69, 9.17) is 0 Å². The topological polar surface area (TPSA) is 14.9 Å². The minimum Gasteiger partial charge on any atom is -1.00 e. The molecule has 1 aliphatic rings. The Morgan fingerprint density at radius 1 is 0.704 bits per heavy atom. The van der Waals surface area contributed by atoms with Crippen LogP contribution in [0.3, 0.4) is 0 Å². The maximum absolute atomic E-state index is 2.45. The summed E-state index contributed by atoms with van der Waals surface area (Å²) in [7, 11) is 4.26.